The summed E-state index contributed by atoms with van der Waals surface area (Å²) < 4.78 is 36.9. The molecule has 5 nitrogen and oxygen atoms in total. The van der Waals surface area contributed by atoms with E-state index in [1.54, 1.807) is 36.4 Å². The molecular formula is C13H13NO4S. The smallest absolute Gasteiger partial charge is 0.296 e. The van der Waals surface area contributed by atoms with Gasteiger partial charge in [0.15, 0.2) is 0 Å². The van der Waals surface area contributed by atoms with Crippen molar-refractivity contribution in [1.29, 1.82) is 0 Å². The second kappa shape index (κ2) is 5.29. The van der Waals surface area contributed by atoms with Crippen molar-refractivity contribution in [2.75, 3.05) is 12.4 Å². The molecule has 2 aromatic carbocycles. The van der Waals surface area contributed by atoms with Gasteiger partial charge in [0.25, 0.3) is 10.1 Å². The Labute approximate surface area is 111 Å². The average molecular weight is 279 g/mol. The summed E-state index contributed by atoms with van der Waals surface area (Å²) in [4.78, 5) is -0.180. The number of anilines is 2. The van der Waals surface area contributed by atoms with Gasteiger partial charge in [0.2, 0.25) is 0 Å². The summed E-state index contributed by atoms with van der Waals surface area (Å²) in [5.41, 5.74) is 0.899. The molecule has 0 aliphatic rings. The molecule has 19 heavy (non-hydrogen) atoms. The summed E-state index contributed by atoms with van der Waals surface area (Å²) in [5.74, 6) is 0.577. The molecule has 2 N–H and O–H groups in total. The van der Waals surface area contributed by atoms with Gasteiger partial charge in [-0.3, -0.25) is 4.55 Å². The summed E-state index contributed by atoms with van der Waals surface area (Å²) in [5, 5.41) is 2.93. The van der Waals surface area contributed by atoms with E-state index in [0.29, 0.717) is 11.4 Å². The first kappa shape index (κ1) is 13.4. The van der Waals surface area contributed by atoms with Crippen molar-refractivity contribution in [3.8, 4) is 5.75 Å². The van der Waals surface area contributed by atoms with Gasteiger partial charge in [-0.05, 0) is 24.3 Å². The normalized spacial score (nSPS) is 11.1. The van der Waals surface area contributed by atoms with Crippen LogP contribution < -0.4 is 10.1 Å². The van der Waals surface area contributed by atoms with Crippen molar-refractivity contribution in [1.82, 2.24) is 0 Å². The van der Waals surface area contributed by atoms with Crippen molar-refractivity contribution < 1.29 is 17.7 Å². The highest BCUT2D eigenvalue weighted by Gasteiger charge is 2.15. The van der Waals surface area contributed by atoms with Crippen molar-refractivity contribution in [2.45, 2.75) is 4.90 Å². The van der Waals surface area contributed by atoms with E-state index in [1.165, 1.54) is 19.2 Å². The molecule has 2 rings (SSSR count). The number of para-hydroxylation sites is 3. The highest BCUT2D eigenvalue weighted by atomic mass is 32.2. The monoisotopic (exact) mass is 279 g/mol. The minimum atomic E-state index is -4.28. The lowest BCUT2D eigenvalue weighted by molar-refractivity contribution is 0.417. The Balaban J connectivity index is 2.45. The van der Waals surface area contributed by atoms with Crippen LogP contribution in [0.5, 0.6) is 5.75 Å². The first-order valence-corrected chi connectivity index (χ1v) is 6.93. The Morgan fingerprint density at radius 3 is 2.21 bits per heavy atom. The number of methoxy groups -OCH3 is 1. The molecule has 0 fully saturated rings. The molecule has 0 saturated carbocycles. The van der Waals surface area contributed by atoms with Crippen LogP contribution in [-0.4, -0.2) is 20.1 Å². The number of ether oxygens (including phenoxy) is 1. The van der Waals surface area contributed by atoms with Gasteiger partial charge in [0, 0.05) is 0 Å². The van der Waals surface area contributed by atoms with E-state index in [9.17, 15) is 13.0 Å². The molecule has 6 heteroatoms. The first-order valence-electron chi connectivity index (χ1n) is 5.49. The fourth-order valence-corrected chi connectivity index (χ4v) is 2.34. The molecule has 0 atom stereocenters. The Kier molecular flexibility index (Phi) is 3.73. The van der Waals surface area contributed by atoms with Crippen LogP contribution >= 0.6 is 0 Å². The number of hydrogen-bond donors (Lipinski definition) is 2. The molecule has 0 spiro atoms. The minimum absolute atomic E-state index is 0.180. The topological polar surface area (TPSA) is 75.6 Å². The largest absolute Gasteiger partial charge is 0.495 e. The quantitative estimate of drug-likeness (QED) is 0.841. The lowest BCUT2D eigenvalue weighted by Gasteiger charge is -2.12. The number of benzene rings is 2. The lowest BCUT2D eigenvalue weighted by atomic mass is 10.2. The highest BCUT2D eigenvalue weighted by Crippen LogP contribution is 2.30. The highest BCUT2D eigenvalue weighted by molar-refractivity contribution is 7.86. The molecule has 0 saturated heterocycles. The maximum Gasteiger partial charge on any atom is 0.296 e. The molecule has 0 aliphatic heterocycles. The molecule has 100 valence electrons. The number of hydrogen-bond acceptors (Lipinski definition) is 4. The summed E-state index contributed by atoms with van der Waals surface area (Å²) >= 11 is 0. The third-order valence-corrected chi connectivity index (χ3v) is 3.45. The van der Waals surface area contributed by atoms with Crippen LogP contribution in [0.15, 0.2) is 53.4 Å². The molecule has 0 amide bonds. The third-order valence-electron chi connectivity index (χ3n) is 2.54. The maximum absolute atomic E-state index is 11.3. The second-order valence-corrected chi connectivity index (χ2v) is 5.19. The van der Waals surface area contributed by atoms with E-state index in [0.717, 1.165) is 0 Å². The molecule has 0 heterocycles. The molecule has 0 unspecified atom stereocenters. The average Bonchev–Trinajstić information content (AvgIpc) is 2.39. The van der Waals surface area contributed by atoms with Crippen molar-refractivity contribution >= 4 is 21.5 Å². The summed E-state index contributed by atoms with van der Waals surface area (Å²) in [6.07, 6.45) is 0. The maximum atomic E-state index is 11.3. The van der Waals surface area contributed by atoms with Crippen LogP contribution in [-0.2, 0) is 10.1 Å². The SMILES string of the molecule is COc1ccccc1Nc1ccccc1S(=O)(=O)O. The first-order chi connectivity index (χ1) is 9.02. The lowest BCUT2D eigenvalue weighted by Crippen LogP contribution is -2.03. The summed E-state index contributed by atoms with van der Waals surface area (Å²) in [6.45, 7) is 0. The fourth-order valence-electron chi connectivity index (χ4n) is 1.69. The van der Waals surface area contributed by atoms with Crippen LogP contribution in [0.1, 0.15) is 0 Å². The van der Waals surface area contributed by atoms with E-state index in [1.807, 2.05) is 0 Å². The standard InChI is InChI=1S/C13H13NO4S/c1-18-12-8-4-2-6-10(12)14-11-7-3-5-9-13(11)19(15,16)17/h2-9,14H,1H3,(H,15,16,17). The Morgan fingerprint density at radius 2 is 1.58 bits per heavy atom. The Morgan fingerprint density at radius 1 is 1.00 bits per heavy atom. The summed E-state index contributed by atoms with van der Waals surface area (Å²) in [7, 11) is -2.75. The number of nitrogens with one attached hydrogen (secondary N) is 1. The second-order valence-electron chi connectivity index (χ2n) is 3.80. The van der Waals surface area contributed by atoms with Gasteiger partial charge < -0.3 is 10.1 Å². The zero-order chi connectivity index (χ0) is 13.9. The van der Waals surface area contributed by atoms with E-state index < -0.39 is 10.1 Å². The van der Waals surface area contributed by atoms with Crippen LogP contribution in [0, 0.1) is 0 Å². The number of rotatable bonds is 4. The van der Waals surface area contributed by atoms with E-state index in [2.05, 4.69) is 5.32 Å². The summed E-state index contributed by atoms with van der Waals surface area (Å²) in [6, 6.07) is 13.2. The van der Waals surface area contributed by atoms with Gasteiger partial charge in [0.05, 0.1) is 18.5 Å². The van der Waals surface area contributed by atoms with Crippen molar-refractivity contribution in [2.24, 2.45) is 0 Å². The van der Waals surface area contributed by atoms with Crippen LogP contribution in [0.4, 0.5) is 11.4 Å². The van der Waals surface area contributed by atoms with Crippen molar-refractivity contribution in [3.05, 3.63) is 48.5 Å². The Hall–Kier alpha value is -2.05. The predicted molar refractivity (Wildman–Crippen MR) is 72.5 cm³/mol. The minimum Gasteiger partial charge on any atom is -0.495 e. The molecule has 0 radical (unpaired) electrons. The van der Waals surface area contributed by atoms with Gasteiger partial charge in [0.1, 0.15) is 10.6 Å². The van der Waals surface area contributed by atoms with Crippen LogP contribution in [0.3, 0.4) is 0 Å². The zero-order valence-corrected chi connectivity index (χ0v) is 11.0. The van der Waals surface area contributed by atoms with Crippen LogP contribution in [0.2, 0.25) is 0 Å². The van der Waals surface area contributed by atoms with Gasteiger partial charge >= 0.3 is 0 Å². The molecule has 0 aromatic heterocycles. The molecule has 2 aromatic rings. The van der Waals surface area contributed by atoms with Crippen molar-refractivity contribution in [3.63, 3.8) is 0 Å². The fraction of sp³-hybridized carbons (Fsp3) is 0.0769. The van der Waals surface area contributed by atoms with Gasteiger partial charge in [-0.15, -0.1) is 0 Å². The zero-order valence-electron chi connectivity index (χ0n) is 10.2. The molecule has 0 aliphatic carbocycles. The van der Waals surface area contributed by atoms with Gasteiger partial charge in [-0.25, -0.2) is 0 Å². The van der Waals surface area contributed by atoms with E-state index in [-0.39, 0.29) is 10.6 Å². The third kappa shape index (κ3) is 3.04. The van der Waals surface area contributed by atoms with Gasteiger partial charge in [-0.1, -0.05) is 24.3 Å². The predicted octanol–water partition coefficient (Wildman–Crippen LogP) is 2.69. The molecular weight excluding hydrogens is 266 g/mol. The molecule has 0 bridgehead atoms. The van der Waals surface area contributed by atoms with Crippen LogP contribution in [0.25, 0.3) is 0 Å². The van der Waals surface area contributed by atoms with E-state index >= 15 is 0 Å². The van der Waals surface area contributed by atoms with E-state index in [4.69, 9.17) is 4.74 Å². The Bertz CT molecular complexity index is 683. The van der Waals surface area contributed by atoms with Gasteiger partial charge in [-0.2, -0.15) is 8.42 Å².